The lowest BCUT2D eigenvalue weighted by molar-refractivity contribution is -0.0282. The fraction of sp³-hybridized carbons (Fsp3) is 1.00. The van der Waals surface area contributed by atoms with Crippen molar-refractivity contribution in [3.8, 4) is 0 Å². The predicted octanol–water partition coefficient (Wildman–Crippen LogP) is -0.723. The largest absolute Gasteiger partial charge is 0.392 e. The van der Waals surface area contributed by atoms with E-state index in [1.807, 2.05) is 6.92 Å². The topological polar surface area (TPSA) is 35.2 Å². The molecule has 10 heavy (non-hydrogen) atoms. The molecule has 1 fully saturated rings. The molecule has 1 rings (SSSR count). The SMILES string of the molecule is C[C@H]1CO[C@@H]([AlH2])[C@H](N)C1F. The molecule has 1 heterocycles. The molecule has 4 heteroatoms. The molecule has 2 nitrogen and oxygen atoms in total. The summed E-state index contributed by atoms with van der Waals surface area (Å²) in [5, 5.41) is 0. The lowest BCUT2D eigenvalue weighted by Gasteiger charge is -2.34. The number of rotatable bonds is 0. The van der Waals surface area contributed by atoms with Crippen molar-refractivity contribution in [1.82, 2.24) is 0 Å². The van der Waals surface area contributed by atoms with Crippen molar-refractivity contribution < 1.29 is 9.13 Å². The van der Waals surface area contributed by atoms with Crippen LogP contribution in [0, 0.1) is 5.92 Å². The van der Waals surface area contributed by atoms with E-state index in [4.69, 9.17) is 10.5 Å². The van der Waals surface area contributed by atoms with Gasteiger partial charge < -0.3 is 10.5 Å². The molecule has 0 aromatic carbocycles. The van der Waals surface area contributed by atoms with Gasteiger partial charge in [0, 0.05) is 16.9 Å². The van der Waals surface area contributed by atoms with E-state index in [1.165, 1.54) is 0 Å². The van der Waals surface area contributed by atoms with Crippen molar-refractivity contribution in [2.75, 3.05) is 6.61 Å². The van der Waals surface area contributed by atoms with Gasteiger partial charge in [-0.25, -0.2) is 4.39 Å². The lowest BCUT2D eigenvalue weighted by atomic mass is 9.99. The van der Waals surface area contributed by atoms with Crippen LogP contribution < -0.4 is 5.73 Å². The molecule has 0 aromatic heterocycles. The van der Waals surface area contributed by atoms with Crippen LogP contribution in [0.2, 0.25) is 0 Å². The summed E-state index contributed by atoms with van der Waals surface area (Å²) in [6.45, 7) is 2.36. The van der Waals surface area contributed by atoms with Gasteiger partial charge in [0.05, 0.1) is 6.61 Å². The van der Waals surface area contributed by atoms with Gasteiger partial charge in [0.1, 0.15) is 6.17 Å². The van der Waals surface area contributed by atoms with Crippen molar-refractivity contribution in [2.24, 2.45) is 11.7 Å². The molecule has 2 N–H and O–H groups in total. The Kier molecular flexibility index (Phi) is 2.70. The van der Waals surface area contributed by atoms with Crippen LogP contribution in [-0.4, -0.2) is 40.1 Å². The number of hydrogen-bond acceptors (Lipinski definition) is 2. The van der Waals surface area contributed by atoms with E-state index in [1.54, 1.807) is 0 Å². The van der Waals surface area contributed by atoms with Crippen LogP contribution in [0.15, 0.2) is 0 Å². The summed E-state index contributed by atoms with van der Waals surface area (Å²) < 4.78 is 18.3. The number of halogens is 1. The van der Waals surface area contributed by atoms with Crippen LogP contribution in [0.3, 0.4) is 0 Å². The minimum atomic E-state index is -0.865. The molecular formula is C6H13AlFNO. The summed E-state index contributed by atoms with van der Waals surface area (Å²) in [5.74, 6) is -0.0276. The zero-order valence-electron chi connectivity index (χ0n) is 6.38. The van der Waals surface area contributed by atoms with Crippen molar-refractivity contribution in [3.63, 3.8) is 0 Å². The molecule has 1 aliphatic heterocycles. The van der Waals surface area contributed by atoms with Gasteiger partial charge >= 0.3 is 0 Å². The van der Waals surface area contributed by atoms with E-state index >= 15 is 0 Å². The first-order valence-electron chi connectivity index (χ1n) is 3.64. The van der Waals surface area contributed by atoms with Gasteiger partial charge in [-0.15, -0.1) is 0 Å². The Morgan fingerprint density at radius 1 is 1.70 bits per heavy atom. The molecule has 0 aromatic rings. The predicted molar refractivity (Wildman–Crippen MR) is 40.3 cm³/mol. The number of hydrogen-bond donors (Lipinski definition) is 1. The highest BCUT2D eigenvalue weighted by Crippen LogP contribution is 2.19. The number of alkyl halides is 1. The Hall–Kier alpha value is 0.382. The molecule has 0 spiro atoms. The minimum absolute atomic E-state index is 0.00574. The van der Waals surface area contributed by atoms with Gasteiger partial charge in [0.2, 0.25) is 0 Å². The second-order valence-corrected chi connectivity index (χ2v) is 4.18. The Morgan fingerprint density at radius 2 is 2.30 bits per heavy atom. The Balaban J connectivity index is 2.52. The quantitative estimate of drug-likeness (QED) is 0.476. The molecule has 0 aliphatic carbocycles. The van der Waals surface area contributed by atoms with E-state index < -0.39 is 6.17 Å². The zero-order chi connectivity index (χ0) is 7.72. The maximum atomic E-state index is 13.0. The van der Waals surface area contributed by atoms with Crippen LogP contribution in [-0.2, 0) is 4.74 Å². The third-order valence-corrected chi connectivity index (χ3v) is 3.18. The molecule has 0 amide bonds. The Morgan fingerprint density at radius 3 is 2.80 bits per heavy atom. The average molecular weight is 161 g/mol. The van der Waals surface area contributed by atoms with Crippen molar-refractivity contribution >= 4 is 16.3 Å². The fourth-order valence-electron chi connectivity index (χ4n) is 1.14. The molecular weight excluding hydrogens is 148 g/mol. The molecule has 0 radical (unpaired) electrons. The maximum Gasteiger partial charge on any atom is 0.261 e. The van der Waals surface area contributed by atoms with Crippen LogP contribution in [0.4, 0.5) is 4.39 Å². The summed E-state index contributed by atoms with van der Waals surface area (Å²) in [5.41, 5.74) is 5.55. The summed E-state index contributed by atoms with van der Waals surface area (Å²) in [6, 6.07) is -0.379. The van der Waals surface area contributed by atoms with E-state index in [2.05, 4.69) is 0 Å². The molecule has 0 saturated carbocycles. The molecule has 1 saturated heterocycles. The van der Waals surface area contributed by atoms with Crippen molar-refractivity contribution in [1.29, 1.82) is 0 Å². The van der Waals surface area contributed by atoms with Gasteiger partial charge in [-0.2, -0.15) is 0 Å². The molecule has 4 atom stereocenters. The van der Waals surface area contributed by atoms with Crippen LogP contribution >= 0.6 is 0 Å². The first-order valence-corrected chi connectivity index (χ1v) is 4.79. The third-order valence-electron chi connectivity index (χ3n) is 2.08. The third kappa shape index (κ3) is 1.51. The smallest absolute Gasteiger partial charge is 0.261 e. The Labute approximate surface area is 68.3 Å². The van der Waals surface area contributed by atoms with Crippen LogP contribution in [0.1, 0.15) is 6.92 Å². The standard InChI is InChI=1S/C6H11FNO.Al.2H/c1-4-2-9-3-5(8)6(4)7;;;/h3-6H,2,8H2,1H3;;;/t4-,5-,6?;;;/m0.../s1. The van der Waals surface area contributed by atoms with E-state index in [-0.39, 0.29) is 16.9 Å². The summed E-state index contributed by atoms with van der Waals surface area (Å²) >= 11 is 0.827. The second kappa shape index (κ2) is 3.19. The highest BCUT2D eigenvalue weighted by molar-refractivity contribution is 6.11. The van der Waals surface area contributed by atoms with E-state index in [0.717, 1.165) is 16.3 Å². The first kappa shape index (κ1) is 8.48. The van der Waals surface area contributed by atoms with Crippen molar-refractivity contribution in [3.05, 3.63) is 0 Å². The number of ether oxygens (including phenoxy) is 1. The summed E-state index contributed by atoms with van der Waals surface area (Å²) in [6.07, 6.45) is -0.865. The van der Waals surface area contributed by atoms with E-state index in [9.17, 15) is 4.39 Å². The fourth-order valence-corrected chi connectivity index (χ4v) is 1.71. The van der Waals surface area contributed by atoms with E-state index in [0.29, 0.717) is 6.61 Å². The minimum Gasteiger partial charge on any atom is -0.392 e. The normalized spacial score (nSPS) is 49.1. The molecule has 58 valence electrons. The first-order chi connectivity index (χ1) is 4.63. The molecule has 0 bridgehead atoms. The zero-order valence-corrected chi connectivity index (χ0v) is 8.38. The van der Waals surface area contributed by atoms with Crippen LogP contribution in [0.5, 0.6) is 0 Å². The van der Waals surface area contributed by atoms with Gasteiger partial charge in [-0.05, 0) is 0 Å². The maximum absolute atomic E-state index is 13.0. The van der Waals surface area contributed by atoms with Crippen molar-refractivity contribution in [2.45, 2.75) is 24.1 Å². The van der Waals surface area contributed by atoms with Gasteiger partial charge in [-0.1, -0.05) is 6.92 Å². The molecule has 1 aliphatic rings. The highest BCUT2D eigenvalue weighted by atomic mass is 27.0. The molecule has 1 unspecified atom stereocenters. The summed E-state index contributed by atoms with van der Waals surface area (Å²) in [4.78, 5) is 0.00574. The average Bonchev–Trinajstić information content (AvgIpc) is 1.93. The highest BCUT2D eigenvalue weighted by Gasteiger charge is 2.33. The summed E-state index contributed by atoms with van der Waals surface area (Å²) in [7, 11) is 0. The lowest BCUT2D eigenvalue weighted by Crippen LogP contribution is -2.52. The monoisotopic (exact) mass is 161 g/mol. The second-order valence-electron chi connectivity index (χ2n) is 3.04. The van der Waals surface area contributed by atoms with Crippen LogP contribution in [0.25, 0.3) is 0 Å². The number of nitrogens with two attached hydrogens (primary N) is 1. The van der Waals surface area contributed by atoms with Gasteiger partial charge in [0.15, 0.2) is 0 Å². The Bertz CT molecular complexity index is 110. The van der Waals surface area contributed by atoms with Gasteiger partial charge in [-0.3, -0.25) is 0 Å². The van der Waals surface area contributed by atoms with Gasteiger partial charge in [0.25, 0.3) is 16.3 Å².